The summed E-state index contributed by atoms with van der Waals surface area (Å²) in [4.78, 5) is 47.8. The van der Waals surface area contributed by atoms with E-state index >= 15 is 0 Å². The molecule has 29 heavy (non-hydrogen) atoms. The number of halogens is 1. The van der Waals surface area contributed by atoms with Crippen molar-refractivity contribution in [2.45, 2.75) is 6.54 Å². The van der Waals surface area contributed by atoms with Crippen LogP contribution >= 0.6 is 0 Å². The van der Waals surface area contributed by atoms with E-state index in [1.165, 1.54) is 36.4 Å². The number of carboxylic acids is 1. The van der Waals surface area contributed by atoms with Crippen molar-refractivity contribution in [1.82, 2.24) is 15.1 Å². The minimum Gasteiger partial charge on any atom is -0.476 e. The van der Waals surface area contributed by atoms with Gasteiger partial charge in [0, 0.05) is 11.1 Å². The lowest BCUT2D eigenvalue weighted by atomic mass is 10.1. The van der Waals surface area contributed by atoms with Crippen LogP contribution in [0.5, 0.6) is 0 Å². The van der Waals surface area contributed by atoms with E-state index in [0.717, 1.165) is 4.68 Å². The standard InChI is InChI=1S/C19H15FN4O5/c20-11-5-7-12(8-6-11)22-15(25)9-21-16(26)10-24-18(27)14-4-2-1-3-13(14)17(23-24)19(28)29/h1-8H,9-10H2,(H,21,26)(H,22,25)(H,28,29). The Morgan fingerprint density at radius 2 is 1.66 bits per heavy atom. The number of carbonyl (C=O) groups is 3. The van der Waals surface area contributed by atoms with Gasteiger partial charge in [-0.1, -0.05) is 18.2 Å². The molecule has 0 aliphatic rings. The number of aromatic nitrogens is 2. The summed E-state index contributed by atoms with van der Waals surface area (Å²) in [5.74, 6) is -3.06. The number of hydrogen-bond donors (Lipinski definition) is 3. The lowest BCUT2D eigenvalue weighted by Gasteiger charge is -2.10. The first-order chi connectivity index (χ1) is 13.8. The summed E-state index contributed by atoms with van der Waals surface area (Å²) in [7, 11) is 0. The van der Waals surface area contributed by atoms with E-state index < -0.39 is 42.2 Å². The predicted octanol–water partition coefficient (Wildman–Crippen LogP) is 0.989. The van der Waals surface area contributed by atoms with Crippen LogP contribution in [0.15, 0.2) is 53.3 Å². The SMILES string of the molecule is O=C(Cn1nc(C(=O)O)c2ccccc2c1=O)NCC(=O)Nc1ccc(F)cc1. The van der Waals surface area contributed by atoms with Gasteiger partial charge >= 0.3 is 5.97 Å². The van der Waals surface area contributed by atoms with Crippen molar-refractivity contribution in [2.75, 3.05) is 11.9 Å². The number of carboxylic acid groups (broad SMARTS) is 1. The highest BCUT2D eigenvalue weighted by atomic mass is 19.1. The van der Waals surface area contributed by atoms with Gasteiger partial charge in [0.05, 0.1) is 11.9 Å². The Morgan fingerprint density at radius 3 is 2.31 bits per heavy atom. The minimum absolute atomic E-state index is 0.113. The summed E-state index contributed by atoms with van der Waals surface area (Å²) in [6.45, 7) is -0.960. The molecule has 0 bridgehead atoms. The van der Waals surface area contributed by atoms with Crippen molar-refractivity contribution in [3.05, 3.63) is 70.4 Å². The molecule has 0 unspecified atom stereocenters. The van der Waals surface area contributed by atoms with Crippen molar-refractivity contribution < 1.29 is 23.9 Å². The Labute approximate surface area is 162 Å². The molecule has 2 amide bonds. The fourth-order valence-electron chi connectivity index (χ4n) is 2.61. The second kappa shape index (κ2) is 8.30. The molecule has 0 aliphatic heterocycles. The van der Waals surface area contributed by atoms with Gasteiger partial charge in [-0.15, -0.1) is 0 Å². The Bertz CT molecular complexity index is 1160. The molecule has 0 saturated carbocycles. The van der Waals surface area contributed by atoms with Gasteiger partial charge in [0.2, 0.25) is 11.8 Å². The molecule has 1 aromatic heterocycles. The topological polar surface area (TPSA) is 130 Å². The molecule has 3 rings (SSSR count). The Hall–Kier alpha value is -4.08. The molecule has 0 spiro atoms. The highest BCUT2D eigenvalue weighted by molar-refractivity contribution is 6.01. The number of fused-ring (bicyclic) bond motifs is 1. The smallest absolute Gasteiger partial charge is 0.357 e. The zero-order valence-electron chi connectivity index (χ0n) is 14.9. The van der Waals surface area contributed by atoms with Gasteiger partial charge in [0.15, 0.2) is 5.69 Å². The van der Waals surface area contributed by atoms with Crippen molar-refractivity contribution in [3.8, 4) is 0 Å². The third kappa shape index (κ3) is 4.61. The quantitative estimate of drug-likeness (QED) is 0.568. The fraction of sp³-hybridized carbons (Fsp3) is 0.105. The summed E-state index contributed by atoms with van der Waals surface area (Å²) in [6.07, 6.45) is 0. The van der Waals surface area contributed by atoms with Gasteiger partial charge in [-0.2, -0.15) is 5.10 Å². The summed E-state index contributed by atoms with van der Waals surface area (Å²) >= 11 is 0. The van der Waals surface area contributed by atoms with E-state index in [9.17, 15) is 28.7 Å². The van der Waals surface area contributed by atoms with E-state index in [2.05, 4.69) is 15.7 Å². The van der Waals surface area contributed by atoms with E-state index in [4.69, 9.17) is 0 Å². The molecule has 0 saturated heterocycles. The molecule has 2 aromatic carbocycles. The molecular formula is C19H15FN4O5. The normalized spacial score (nSPS) is 10.5. The molecule has 0 radical (unpaired) electrons. The van der Waals surface area contributed by atoms with Crippen molar-refractivity contribution >= 4 is 34.2 Å². The maximum atomic E-state index is 12.9. The number of amides is 2. The molecule has 10 heteroatoms. The van der Waals surface area contributed by atoms with Crippen LogP contribution in [0.1, 0.15) is 10.5 Å². The van der Waals surface area contributed by atoms with Crippen LogP contribution in [0, 0.1) is 5.82 Å². The number of anilines is 1. The number of benzene rings is 2. The van der Waals surface area contributed by atoms with Gasteiger partial charge in [-0.05, 0) is 30.3 Å². The van der Waals surface area contributed by atoms with Crippen molar-refractivity contribution in [1.29, 1.82) is 0 Å². The Kier molecular flexibility index (Phi) is 5.63. The van der Waals surface area contributed by atoms with Gasteiger partial charge in [0.1, 0.15) is 12.4 Å². The summed E-state index contributed by atoms with van der Waals surface area (Å²) in [5, 5.41) is 18.1. The second-order valence-electron chi connectivity index (χ2n) is 5.99. The van der Waals surface area contributed by atoms with E-state index in [0.29, 0.717) is 5.69 Å². The molecule has 148 valence electrons. The Morgan fingerprint density at radius 1 is 1.00 bits per heavy atom. The first kappa shape index (κ1) is 19.7. The third-order valence-corrected chi connectivity index (χ3v) is 3.94. The first-order valence-electron chi connectivity index (χ1n) is 8.40. The van der Waals surface area contributed by atoms with Crippen LogP contribution in [-0.2, 0) is 16.1 Å². The summed E-state index contributed by atoms with van der Waals surface area (Å²) in [6, 6.07) is 11.1. The molecule has 3 N–H and O–H groups in total. The molecule has 1 heterocycles. The first-order valence-corrected chi connectivity index (χ1v) is 8.40. The van der Waals surface area contributed by atoms with Crippen LogP contribution in [0.4, 0.5) is 10.1 Å². The average molecular weight is 398 g/mol. The number of rotatable bonds is 6. The summed E-state index contributed by atoms with van der Waals surface area (Å²) < 4.78 is 13.6. The largest absolute Gasteiger partial charge is 0.476 e. The molecule has 0 atom stereocenters. The number of nitrogens with zero attached hydrogens (tertiary/aromatic N) is 2. The highest BCUT2D eigenvalue weighted by Gasteiger charge is 2.17. The van der Waals surface area contributed by atoms with E-state index in [1.54, 1.807) is 12.1 Å². The van der Waals surface area contributed by atoms with E-state index in [-0.39, 0.29) is 16.5 Å². The molecule has 0 fully saturated rings. The number of nitrogens with one attached hydrogen (secondary N) is 2. The van der Waals surface area contributed by atoms with Crippen LogP contribution in [-0.4, -0.2) is 39.2 Å². The highest BCUT2D eigenvalue weighted by Crippen LogP contribution is 2.13. The third-order valence-electron chi connectivity index (χ3n) is 3.94. The number of aromatic carboxylic acids is 1. The van der Waals surface area contributed by atoms with Crippen LogP contribution < -0.4 is 16.2 Å². The maximum Gasteiger partial charge on any atom is 0.357 e. The summed E-state index contributed by atoms with van der Waals surface area (Å²) in [5.41, 5.74) is -0.636. The van der Waals surface area contributed by atoms with Crippen molar-refractivity contribution in [2.24, 2.45) is 0 Å². The predicted molar refractivity (Wildman–Crippen MR) is 101 cm³/mol. The van der Waals surface area contributed by atoms with Crippen LogP contribution in [0.2, 0.25) is 0 Å². The second-order valence-corrected chi connectivity index (χ2v) is 5.99. The average Bonchev–Trinajstić information content (AvgIpc) is 2.70. The maximum absolute atomic E-state index is 12.9. The number of hydrogen-bond acceptors (Lipinski definition) is 5. The minimum atomic E-state index is -1.34. The molecule has 0 aliphatic carbocycles. The zero-order valence-corrected chi connectivity index (χ0v) is 14.9. The van der Waals surface area contributed by atoms with Crippen molar-refractivity contribution in [3.63, 3.8) is 0 Å². The fourth-order valence-corrected chi connectivity index (χ4v) is 2.61. The monoisotopic (exact) mass is 398 g/mol. The van der Waals surface area contributed by atoms with Crippen LogP contribution in [0.25, 0.3) is 10.8 Å². The molecular weight excluding hydrogens is 383 g/mol. The lowest BCUT2D eigenvalue weighted by molar-refractivity contribution is -0.124. The molecule has 3 aromatic rings. The Balaban J connectivity index is 1.69. The van der Waals surface area contributed by atoms with Gasteiger partial charge < -0.3 is 15.7 Å². The van der Waals surface area contributed by atoms with Gasteiger partial charge in [-0.3, -0.25) is 14.4 Å². The molecule has 9 nitrogen and oxygen atoms in total. The van der Waals surface area contributed by atoms with Crippen LogP contribution in [0.3, 0.4) is 0 Å². The number of carbonyl (C=O) groups excluding carboxylic acids is 2. The van der Waals surface area contributed by atoms with Gasteiger partial charge in [-0.25, -0.2) is 13.9 Å². The van der Waals surface area contributed by atoms with Gasteiger partial charge in [0.25, 0.3) is 5.56 Å². The zero-order chi connectivity index (χ0) is 21.0. The van der Waals surface area contributed by atoms with E-state index in [1.807, 2.05) is 0 Å². The lowest BCUT2D eigenvalue weighted by Crippen LogP contribution is -2.38.